The van der Waals surface area contributed by atoms with E-state index in [1.165, 1.54) is 12.0 Å². The molecule has 1 amide bonds. The molecule has 4 rings (SSSR count). The van der Waals surface area contributed by atoms with Gasteiger partial charge in [-0.2, -0.15) is 0 Å². The molecule has 0 radical (unpaired) electrons. The lowest BCUT2D eigenvalue weighted by Crippen LogP contribution is -2.42. The summed E-state index contributed by atoms with van der Waals surface area (Å²) in [6, 6.07) is 16.2. The van der Waals surface area contributed by atoms with Crippen LogP contribution in [0, 0.1) is 6.92 Å². The molecule has 2 aromatic carbocycles. The van der Waals surface area contributed by atoms with Gasteiger partial charge in [-0.3, -0.25) is 9.78 Å². The molecule has 0 atom stereocenters. The standard InChI is InChI=1S/C26H30N2O2/c1-3-17-30-23-13-12-22(21-11-8-16-27-24(21)23)28-25(29)26(14-5-4-6-15-26)20-10-7-9-19(2)18-20/h7-13,16,18H,3-6,14-15,17H2,1-2H3,(H,28,29). The number of benzene rings is 2. The van der Waals surface area contributed by atoms with Gasteiger partial charge in [-0.1, -0.05) is 56.0 Å². The van der Waals surface area contributed by atoms with Crippen LogP contribution in [0.25, 0.3) is 10.9 Å². The quantitative estimate of drug-likeness (QED) is 0.536. The van der Waals surface area contributed by atoms with Gasteiger partial charge in [-0.05, 0) is 56.0 Å². The zero-order valence-corrected chi connectivity index (χ0v) is 17.9. The minimum absolute atomic E-state index is 0.0835. The van der Waals surface area contributed by atoms with Gasteiger partial charge in [-0.15, -0.1) is 0 Å². The number of carbonyl (C=O) groups is 1. The van der Waals surface area contributed by atoms with E-state index < -0.39 is 5.41 Å². The van der Waals surface area contributed by atoms with Gasteiger partial charge in [0.25, 0.3) is 0 Å². The van der Waals surface area contributed by atoms with Gasteiger partial charge in [0.2, 0.25) is 5.91 Å². The molecule has 1 fully saturated rings. The van der Waals surface area contributed by atoms with E-state index in [2.05, 4.69) is 48.4 Å². The highest BCUT2D eigenvalue weighted by molar-refractivity contribution is 6.06. The molecule has 1 aliphatic rings. The number of aromatic nitrogens is 1. The number of aryl methyl sites for hydroxylation is 1. The Hall–Kier alpha value is -2.88. The predicted molar refractivity (Wildman–Crippen MR) is 122 cm³/mol. The largest absolute Gasteiger partial charge is 0.491 e. The molecule has 1 heterocycles. The van der Waals surface area contributed by atoms with Gasteiger partial charge in [-0.25, -0.2) is 0 Å². The molecule has 3 aromatic rings. The van der Waals surface area contributed by atoms with Crippen molar-refractivity contribution in [1.82, 2.24) is 4.98 Å². The summed E-state index contributed by atoms with van der Waals surface area (Å²) in [5.74, 6) is 0.844. The maximum absolute atomic E-state index is 13.7. The van der Waals surface area contributed by atoms with E-state index in [0.717, 1.165) is 60.0 Å². The van der Waals surface area contributed by atoms with E-state index in [-0.39, 0.29) is 5.91 Å². The van der Waals surface area contributed by atoms with Crippen LogP contribution in [0.1, 0.15) is 56.6 Å². The minimum atomic E-state index is -0.476. The van der Waals surface area contributed by atoms with Crippen LogP contribution < -0.4 is 10.1 Å². The fraction of sp³-hybridized carbons (Fsp3) is 0.385. The fourth-order valence-electron chi connectivity index (χ4n) is 4.57. The number of fused-ring (bicyclic) bond motifs is 1. The summed E-state index contributed by atoms with van der Waals surface area (Å²) in [4.78, 5) is 18.3. The van der Waals surface area contributed by atoms with Gasteiger partial charge in [0, 0.05) is 11.6 Å². The van der Waals surface area contributed by atoms with Crippen molar-refractivity contribution >= 4 is 22.5 Å². The molecule has 1 aliphatic carbocycles. The fourth-order valence-corrected chi connectivity index (χ4v) is 4.57. The second kappa shape index (κ2) is 8.86. The summed E-state index contributed by atoms with van der Waals surface area (Å²) in [7, 11) is 0. The van der Waals surface area contributed by atoms with Crippen LogP contribution in [0.3, 0.4) is 0 Å². The molecule has 30 heavy (non-hydrogen) atoms. The monoisotopic (exact) mass is 402 g/mol. The number of hydrogen-bond donors (Lipinski definition) is 1. The Morgan fingerprint density at radius 3 is 2.70 bits per heavy atom. The average molecular weight is 403 g/mol. The van der Waals surface area contributed by atoms with Gasteiger partial charge >= 0.3 is 0 Å². The number of nitrogens with zero attached hydrogens (tertiary/aromatic N) is 1. The number of ether oxygens (including phenoxy) is 1. The molecule has 4 nitrogen and oxygen atoms in total. The molecular formula is C26H30N2O2. The van der Waals surface area contributed by atoms with Crippen LogP contribution in [0.2, 0.25) is 0 Å². The highest BCUT2D eigenvalue weighted by Crippen LogP contribution is 2.41. The van der Waals surface area contributed by atoms with Crippen molar-refractivity contribution in [3.63, 3.8) is 0 Å². The summed E-state index contributed by atoms with van der Waals surface area (Å²) >= 11 is 0. The first-order chi connectivity index (χ1) is 14.6. The van der Waals surface area contributed by atoms with Gasteiger partial charge in [0.05, 0.1) is 17.7 Å². The Morgan fingerprint density at radius 1 is 1.10 bits per heavy atom. The third-order valence-electron chi connectivity index (χ3n) is 6.15. The van der Waals surface area contributed by atoms with Crippen LogP contribution in [-0.2, 0) is 10.2 Å². The van der Waals surface area contributed by atoms with E-state index in [4.69, 9.17) is 4.74 Å². The number of nitrogens with one attached hydrogen (secondary N) is 1. The zero-order valence-electron chi connectivity index (χ0n) is 17.9. The molecule has 1 saturated carbocycles. The summed E-state index contributed by atoms with van der Waals surface area (Å²) in [5.41, 5.74) is 3.43. The molecule has 1 N–H and O–H groups in total. The lowest BCUT2D eigenvalue weighted by Gasteiger charge is -2.36. The van der Waals surface area contributed by atoms with Crippen LogP contribution >= 0.6 is 0 Å². The minimum Gasteiger partial charge on any atom is -0.491 e. The van der Waals surface area contributed by atoms with Crippen molar-refractivity contribution < 1.29 is 9.53 Å². The molecular weight excluding hydrogens is 372 g/mol. The Balaban J connectivity index is 1.70. The van der Waals surface area contributed by atoms with Crippen molar-refractivity contribution in [2.24, 2.45) is 0 Å². The molecule has 1 aromatic heterocycles. The van der Waals surface area contributed by atoms with Gasteiger partial charge in [0.1, 0.15) is 11.3 Å². The number of anilines is 1. The number of amides is 1. The summed E-state index contributed by atoms with van der Waals surface area (Å²) < 4.78 is 5.87. The summed E-state index contributed by atoms with van der Waals surface area (Å²) in [5, 5.41) is 4.17. The number of carbonyl (C=O) groups excluding carboxylic acids is 1. The Labute approximate surface area is 178 Å². The van der Waals surface area contributed by atoms with E-state index >= 15 is 0 Å². The van der Waals surface area contributed by atoms with Crippen LogP contribution in [0.5, 0.6) is 5.75 Å². The Morgan fingerprint density at radius 2 is 1.93 bits per heavy atom. The average Bonchev–Trinajstić information content (AvgIpc) is 2.79. The first-order valence-corrected chi connectivity index (χ1v) is 11.0. The van der Waals surface area contributed by atoms with E-state index in [1.807, 2.05) is 24.3 Å². The first kappa shape index (κ1) is 20.4. The first-order valence-electron chi connectivity index (χ1n) is 11.0. The van der Waals surface area contributed by atoms with Crippen LogP contribution in [-0.4, -0.2) is 17.5 Å². The number of pyridine rings is 1. The van der Waals surface area contributed by atoms with Crippen molar-refractivity contribution in [1.29, 1.82) is 0 Å². The van der Waals surface area contributed by atoms with E-state index in [1.54, 1.807) is 6.20 Å². The third-order valence-corrected chi connectivity index (χ3v) is 6.15. The van der Waals surface area contributed by atoms with Crippen LogP contribution in [0.4, 0.5) is 5.69 Å². The molecule has 0 saturated heterocycles. The van der Waals surface area contributed by atoms with Crippen LogP contribution in [0.15, 0.2) is 54.7 Å². The highest BCUT2D eigenvalue weighted by atomic mass is 16.5. The smallest absolute Gasteiger partial charge is 0.235 e. The molecule has 4 heteroatoms. The van der Waals surface area contributed by atoms with Gasteiger partial charge < -0.3 is 10.1 Å². The second-order valence-electron chi connectivity index (χ2n) is 8.33. The normalized spacial score (nSPS) is 15.7. The third kappa shape index (κ3) is 3.91. The molecule has 0 spiro atoms. The maximum Gasteiger partial charge on any atom is 0.235 e. The highest BCUT2D eigenvalue weighted by Gasteiger charge is 2.41. The van der Waals surface area contributed by atoms with Gasteiger partial charge in [0.15, 0.2) is 0 Å². The van der Waals surface area contributed by atoms with Crippen molar-refractivity contribution in [2.75, 3.05) is 11.9 Å². The topological polar surface area (TPSA) is 51.2 Å². The number of hydrogen-bond acceptors (Lipinski definition) is 3. The Bertz CT molecular complexity index is 1040. The van der Waals surface area contributed by atoms with Crippen molar-refractivity contribution in [3.8, 4) is 5.75 Å². The van der Waals surface area contributed by atoms with Crippen molar-refractivity contribution in [3.05, 3.63) is 65.9 Å². The maximum atomic E-state index is 13.7. The summed E-state index contributed by atoms with van der Waals surface area (Å²) in [6.07, 6.45) is 7.82. The SMILES string of the molecule is CCCOc1ccc(NC(=O)C2(c3cccc(C)c3)CCCCC2)c2cccnc12. The molecule has 0 bridgehead atoms. The Kier molecular flexibility index (Phi) is 6.03. The molecule has 0 unspecified atom stereocenters. The second-order valence-corrected chi connectivity index (χ2v) is 8.33. The lowest BCUT2D eigenvalue weighted by atomic mass is 9.68. The molecule has 156 valence electrons. The summed E-state index contributed by atoms with van der Waals surface area (Å²) in [6.45, 7) is 4.82. The number of rotatable bonds is 6. The van der Waals surface area contributed by atoms with Crippen molar-refractivity contribution in [2.45, 2.75) is 57.8 Å². The van der Waals surface area contributed by atoms with E-state index in [9.17, 15) is 4.79 Å². The predicted octanol–water partition coefficient (Wildman–Crippen LogP) is 6.17. The molecule has 0 aliphatic heterocycles. The zero-order chi connectivity index (χ0) is 21.0. The van der Waals surface area contributed by atoms with E-state index in [0.29, 0.717) is 6.61 Å². The lowest BCUT2D eigenvalue weighted by molar-refractivity contribution is -0.122.